The van der Waals surface area contributed by atoms with E-state index in [1.807, 2.05) is 0 Å². The second-order valence-corrected chi connectivity index (χ2v) is 3.30. The van der Waals surface area contributed by atoms with Crippen LogP contribution in [0.5, 0.6) is 0 Å². The van der Waals surface area contributed by atoms with Crippen LogP contribution in [0.4, 0.5) is 0 Å². The SMILES string of the molecule is CONCC1CCN(C)CC1. The Morgan fingerprint density at radius 3 is 2.64 bits per heavy atom. The Kier molecular flexibility index (Phi) is 3.83. The monoisotopic (exact) mass is 158 g/mol. The summed E-state index contributed by atoms with van der Waals surface area (Å²) >= 11 is 0. The number of likely N-dealkylation sites (tertiary alicyclic amines) is 1. The Morgan fingerprint density at radius 2 is 2.09 bits per heavy atom. The number of hydrogen-bond acceptors (Lipinski definition) is 3. The molecule has 1 fully saturated rings. The van der Waals surface area contributed by atoms with Gasteiger partial charge in [0, 0.05) is 6.54 Å². The molecule has 1 saturated heterocycles. The van der Waals surface area contributed by atoms with E-state index in [1.54, 1.807) is 7.11 Å². The topological polar surface area (TPSA) is 24.5 Å². The Hall–Kier alpha value is -0.120. The summed E-state index contributed by atoms with van der Waals surface area (Å²) in [6.45, 7) is 3.47. The standard InChI is InChI=1S/C8H18N2O/c1-10-5-3-8(4-6-10)7-9-11-2/h8-9H,3-7H2,1-2H3. The number of nitrogens with zero attached hydrogens (tertiary/aromatic N) is 1. The van der Waals surface area contributed by atoms with Crippen LogP contribution >= 0.6 is 0 Å². The summed E-state index contributed by atoms with van der Waals surface area (Å²) < 4.78 is 0. The minimum atomic E-state index is 0.811. The van der Waals surface area contributed by atoms with Crippen molar-refractivity contribution in [2.24, 2.45) is 5.92 Å². The van der Waals surface area contributed by atoms with E-state index in [4.69, 9.17) is 4.84 Å². The van der Waals surface area contributed by atoms with Gasteiger partial charge in [-0.3, -0.25) is 0 Å². The molecule has 11 heavy (non-hydrogen) atoms. The number of nitrogens with one attached hydrogen (secondary N) is 1. The van der Waals surface area contributed by atoms with Crippen molar-refractivity contribution in [1.82, 2.24) is 10.4 Å². The van der Waals surface area contributed by atoms with E-state index in [-0.39, 0.29) is 0 Å². The normalized spacial score (nSPS) is 22.4. The summed E-state index contributed by atoms with van der Waals surface area (Å²) in [5, 5.41) is 0. The van der Waals surface area contributed by atoms with Gasteiger partial charge in [-0.2, -0.15) is 0 Å². The molecule has 3 nitrogen and oxygen atoms in total. The van der Waals surface area contributed by atoms with Crippen LogP contribution in [0.2, 0.25) is 0 Å². The quantitative estimate of drug-likeness (QED) is 0.605. The van der Waals surface area contributed by atoms with Gasteiger partial charge in [-0.05, 0) is 38.9 Å². The van der Waals surface area contributed by atoms with Gasteiger partial charge in [-0.1, -0.05) is 0 Å². The molecule has 0 aromatic rings. The lowest BCUT2D eigenvalue weighted by Gasteiger charge is -2.28. The highest BCUT2D eigenvalue weighted by Crippen LogP contribution is 2.14. The van der Waals surface area contributed by atoms with E-state index < -0.39 is 0 Å². The molecule has 0 radical (unpaired) electrons. The summed E-state index contributed by atoms with van der Waals surface area (Å²) in [5.74, 6) is 0.811. The molecule has 1 aliphatic heterocycles. The minimum Gasteiger partial charge on any atom is -0.306 e. The van der Waals surface area contributed by atoms with E-state index >= 15 is 0 Å². The first-order chi connectivity index (χ1) is 5.33. The number of rotatable bonds is 3. The second-order valence-electron chi connectivity index (χ2n) is 3.30. The van der Waals surface area contributed by atoms with Crippen LogP contribution in [0.25, 0.3) is 0 Å². The first-order valence-corrected chi connectivity index (χ1v) is 4.27. The largest absolute Gasteiger partial charge is 0.306 e. The second kappa shape index (κ2) is 4.70. The first kappa shape index (κ1) is 8.97. The van der Waals surface area contributed by atoms with Crippen LogP contribution in [0.3, 0.4) is 0 Å². The van der Waals surface area contributed by atoms with E-state index in [1.165, 1.54) is 25.9 Å². The predicted octanol–water partition coefficient (Wildman–Crippen LogP) is 0.479. The Balaban J connectivity index is 2.07. The Bertz CT molecular complexity index is 97.5. The zero-order valence-corrected chi connectivity index (χ0v) is 7.47. The molecular formula is C8H18N2O. The predicted molar refractivity (Wildman–Crippen MR) is 45.2 cm³/mol. The maximum Gasteiger partial charge on any atom is 0.0572 e. The maximum atomic E-state index is 4.81. The molecule has 3 heteroatoms. The van der Waals surface area contributed by atoms with Gasteiger partial charge in [0.15, 0.2) is 0 Å². The summed E-state index contributed by atoms with van der Waals surface area (Å²) in [6, 6.07) is 0. The number of piperidine rings is 1. The zero-order chi connectivity index (χ0) is 8.10. The fraction of sp³-hybridized carbons (Fsp3) is 1.00. The third-order valence-electron chi connectivity index (χ3n) is 2.35. The number of hydroxylamine groups is 1. The van der Waals surface area contributed by atoms with Gasteiger partial charge >= 0.3 is 0 Å². The van der Waals surface area contributed by atoms with Gasteiger partial charge < -0.3 is 9.74 Å². The van der Waals surface area contributed by atoms with Crippen LogP contribution in [-0.4, -0.2) is 38.7 Å². The molecule has 0 aromatic carbocycles. The molecular weight excluding hydrogens is 140 g/mol. The minimum absolute atomic E-state index is 0.811. The number of hydrogen-bond donors (Lipinski definition) is 1. The summed E-state index contributed by atoms with van der Waals surface area (Å²) in [5.41, 5.74) is 2.91. The van der Waals surface area contributed by atoms with E-state index in [0.29, 0.717) is 0 Å². The third kappa shape index (κ3) is 3.18. The lowest BCUT2D eigenvalue weighted by Crippen LogP contribution is -2.34. The van der Waals surface area contributed by atoms with E-state index in [9.17, 15) is 0 Å². The molecule has 0 amide bonds. The van der Waals surface area contributed by atoms with Crippen LogP contribution in [-0.2, 0) is 4.84 Å². The van der Waals surface area contributed by atoms with Crippen molar-refractivity contribution in [3.05, 3.63) is 0 Å². The smallest absolute Gasteiger partial charge is 0.0572 e. The van der Waals surface area contributed by atoms with Crippen LogP contribution in [0.1, 0.15) is 12.8 Å². The van der Waals surface area contributed by atoms with Gasteiger partial charge in [-0.25, -0.2) is 5.48 Å². The maximum absolute atomic E-state index is 4.81. The van der Waals surface area contributed by atoms with Gasteiger partial charge in [0.05, 0.1) is 7.11 Å². The van der Waals surface area contributed by atoms with Crippen molar-refractivity contribution in [1.29, 1.82) is 0 Å². The molecule has 66 valence electrons. The molecule has 1 aliphatic rings. The highest BCUT2D eigenvalue weighted by Gasteiger charge is 2.15. The third-order valence-corrected chi connectivity index (χ3v) is 2.35. The van der Waals surface area contributed by atoms with Crippen molar-refractivity contribution in [3.8, 4) is 0 Å². The van der Waals surface area contributed by atoms with Crippen LogP contribution in [0.15, 0.2) is 0 Å². The Morgan fingerprint density at radius 1 is 1.45 bits per heavy atom. The van der Waals surface area contributed by atoms with Gasteiger partial charge in [0.25, 0.3) is 0 Å². The van der Waals surface area contributed by atoms with Gasteiger partial charge in [0.1, 0.15) is 0 Å². The molecule has 0 aromatic heterocycles. The van der Waals surface area contributed by atoms with E-state index in [2.05, 4.69) is 17.4 Å². The van der Waals surface area contributed by atoms with Crippen LogP contribution < -0.4 is 5.48 Å². The average molecular weight is 158 g/mol. The van der Waals surface area contributed by atoms with Crippen molar-refractivity contribution in [2.75, 3.05) is 33.8 Å². The molecule has 1 N–H and O–H groups in total. The summed E-state index contributed by atoms with van der Waals surface area (Å²) in [4.78, 5) is 7.19. The molecule has 0 saturated carbocycles. The molecule has 0 bridgehead atoms. The molecule has 1 rings (SSSR count). The summed E-state index contributed by atoms with van der Waals surface area (Å²) in [7, 11) is 3.86. The zero-order valence-electron chi connectivity index (χ0n) is 7.47. The van der Waals surface area contributed by atoms with E-state index in [0.717, 1.165) is 12.5 Å². The first-order valence-electron chi connectivity index (χ1n) is 4.27. The van der Waals surface area contributed by atoms with Gasteiger partial charge in [0.2, 0.25) is 0 Å². The lowest BCUT2D eigenvalue weighted by molar-refractivity contribution is 0.0690. The molecule has 0 aliphatic carbocycles. The van der Waals surface area contributed by atoms with Crippen molar-refractivity contribution in [2.45, 2.75) is 12.8 Å². The molecule has 0 unspecified atom stereocenters. The highest BCUT2D eigenvalue weighted by molar-refractivity contribution is 4.70. The highest BCUT2D eigenvalue weighted by atomic mass is 16.6. The Labute approximate surface area is 68.7 Å². The lowest BCUT2D eigenvalue weighted by atomic mass is 9.98. The van der Waals surface area contributed by atoms with Gasteiger partial charge in [-0.15, -0.1) is 0 Å². The summed E-state index contributed by atoms with van der Waals surface area (Å²) in [6.07, 6.45) is 2.60. The fourth-order valence-corrected chi connectivity index (χ4v) is 1.47. The van der Waals surface area contributed by atoms with Crippen molar-refractivity contribution < 1.29 is 4.84 Å². The fourth-order valence-electron chi connectivity index (χ4n) is 1.47. The average Bonchev–Trinajstić information content (AvgIpc) is 2.04. The van der Waals surface area contributed by atoms with Crippen molar-refractivity contribution in [3.63, 3.8) is 0 Å². The van der Waals surface area contributed by atoms with Crippen molar-refractivity contribution >= 4 is 0 Å². The molecule has 0 spiro atoms. The molecule has 0 atom stereocenters. The molecule has 1 heterocycles. The van der Waals surface area contributed by atoms with Crippen LogP contribution in [0, 0.1) is 5.92 Å².